The van der Waals surface area contributed by atoms with E-state index in [1.165, 1.54) is 0 Å². The molecule has 2 rings (SSSR count). The minimum Gasteiger partial charge on any atom is -0.469 e. The molecule has 17 heavy (non-hydrogen) atoms. The van der Waals surface area contributed by atoms with E-state index in [1.54, 1.807) is 20.5 Å². The quantitative estimate of drug-likeness (QED) is 0.850. The van der Waals surface area contributed by atoms with Gasteiger partial charge in [-0.15, -0.1) is 0 Å². The Hall–Kier alpha value is -0.840. The SMILES string of the molecule is COCc1ccoc1CC1(OC)CCNCC1. The predicted molar refractivity (Wildman–Crippen MR) is 65.0 cm³/mol. The van der Waals surface area contributed by atoms with Crippen LogP contribution in [0.3, 0.4) is 0 Å². The van der Waals surface area contributed by atoms with Gasteiger partial charge in [-0.1, -0.05) is 0 Å². The van der Waals surface area contributed by atoms with E-state index in [9.17, 15) is 0 Å². The van der Waals surface area contributed by atoms with Gasteiger partial charge in [0, 0.05) is 26.2 Å². The molecule has 0 radical (unpaired) electrons. The second kappa shape index (κ2) is 5.67. The normalized spacial score (nSPS) is 19.4. The highest BCUT2D eigenvalue weighted by Crippen LogP contribution is 2.29. The topological polar surface area (TPSA) is 43.6 Å². The summed E-state index contributed by atoms with van der Waals surface area (Å²) in [6.45, 7) is 2.62. The molecule has 4 heteroatoms. The molecule has 96 valence electrons. The molecule has 0 unspecified atom stereocenters. The van der Waals surface area contributed by atoms with Crippen molar-refractivity contribution in [1.82, 2.24) is 5.32 Å². The van der Waals surface area contributed by atoms with Crippen LogP contribution in [0.25, 0.3) is 0 Å². The number of piperidine rings is 1. The average molecular weight is 239 g/mol. The average Bonchev–Trinajstić information content (AvgIpc) is 2.78. The van der Waals surface area contributed by atoms with Gasteiger partial charge in [0.2, 0.25) is 0 Å². The zero-order valence-electron chi connectivity index (χ0n) is 10.6. The minimum absolute atomic E-state index is 0.0778. The molecule has 1 aromatic rings. The summed E-state index contributed by atoms with van der Waals surface area (Å²) in [5.74, 6) is 0.996. The van der Waals surface area contributed by atoms with E-state index in [2.05, 4.69) is 5.32 Å². The van der Waals surface area contributed by atoms with E-state index in [-0.39, 0.29) is 5.60 Å². The second-order valence-corrected chi connectivity index (χ2v) is 4.62. The summed E-state index contributed by atoms with van der Waals surface area (Å²) >= 11 is 0. The van der Waals surface area contributed by atoms with Gasteiger partial charge in [0.15, 0.2) is 0 Å². The van der Waals surface area contributed by atoms with Crippen LogP contribution in [0.2, 0.25) is 0 Å². The molecule has 0 spiro atoms. The van der Waals surface area contributed by atoms with Gasteiger partial charge < -0.3 is 19.2 Å². The Morgan fingerprint density at radius 2 is 2.12 bits per heavy atom. The standard InChI is InChI=1S/C13H21NO3/c1-15-10-11-3-8-17-12(11)9-13(16-2)4-6-14-7-5-13/h3,8,14H,4-7,9-10H2,1-2H3. The van der Waals surface area contributed by atoms with E-state index < -0.39 is 0 Å². The Morgan fingerprint density at radius 3 is 2.76 bits per heavy atom. The minimum atomic E-state index is -0.0778. The smallest absolute Gasteiger partial charge is 0.112 e. The first-order chi connectivity index (χ1) is 8.29. The Bertz CT molecular complexity index is 342. The molecular formula is C13H21NO3. The highest BCUT2D eigenvalue weighted by Gasteiger charge is 2.33. The van der Waals surface area contributed by atoms with Crippen LogP contribution in [0.15, 0.2) is 16.7 Å². The molecule has 1 aliphatic rings. The molecule has 1 saturated heterocycles. The lowest BCUT2D eigenvalue weighted by Crippen LogP contribution is -2.45. The number of furan rings is 1. The largest absolute Gasteiger partial charge is 0.469 e. The zero-order valence-corrected chi connectivity index (χ0v) is 10.6. The Kier molecular flexibility index (Phi) is 4.20. The molecule has 0 aliphatic carbocycles. The predicted octanol–water partition coefficient (Wildman–Crippen LogP) is 1.74. The number of rotatable bonds is 5. The van der Waals surface area contributed by atoms with Crippen LogP contribution in [-0.2, 0) is 22.5 Å². The van der Waals surface area contributed by atoms with Crippen molar-refractivity contribution in [1.29, 1.82) is 0 Å². The zero-order chi connectivity index (χ0) is 12.1. The summed E-state index contributed by atoms with van der Waals surface area (Å²) in [6, 6.07) is 1.98. The van der Waals surface area contributed by atoms with E-state index >= 15 is 0 Å². The van der Waals surface area contributed by atoms with Crippen LogP contribution >= 0.6 is 0 Å². The third-order valence-electron chi connectivity index (χ3n) is 3.57. The third kappa shape index (κ3) is 2.89. The molecular weight excluding hydrogens is 218 g/mol. The molecule has 0 atom stereocenters. The molecule has 1 fully saturated rings. The molecule has 0 aromatic carbocycles. The maximum atomic E-state index is 5.74. The van der Waals surface area contributed by atoms with Gasteiger partial charge in [0.25, 0.3) is 0 Å². The highest BCUT2D eigenvalue weighted by molar-refractivity contribution is 5.18. The van der Waals surface area contributed by atoms with Crippen molar-refractivity contribution in [3.05, 3.63) is 23.7 Å². The van der Waals surface area contributed by atoms with Gasteiger partial charge in [0.1, 0.15) is 5.76 Å². The van der Waals surface area contributed by atoms with Crippen molar-refractivity contribution in [3.8, 4) is 0 Å². The van der Waals surface area contributed by atoms with Crippen LogP contribution in [-0.4, -0.2) is 32.9 Å². The van der Waals surface area contributed by atoms with E-state index in [1.807, 2.05) is 6.07 Å². The van der Waals surface area contributed by atoms with E-state index in [0.717, 1.165) is 43.7 Å². The van der Waals surface area contributed by atoms with Crippen molar-refractivity contribution in [2.45, 2.75) is 31.5 Å². The van der Waals surface area contributed by atoms with Crippen molar-refractivity contribution < 1.29 is 13.9 Å². The van der Waals surface area contributed by atoms with Gasteiger partial charge >= 0.3 is 0 Å². The fourth-order valence-corrected chi connectivity index (χ4v) is 2.43. The van der Waals surface area contributed by atoms with Crippen LogP contribution in [0, 0.1) is 0 Å². The molecule has 2 heterocycles. The lowest BCUT2D eigenvalue weighted by atomic mass is 9.87. The fourth-order valence-electron chi connectivity index (χ4n) is 2.43. The van der Waals surface area contributed by atoms with Crippen molar-refractivity contribution in [3.63, 3.8) is 0 Å². The number of nitrogens with one attached hydrogen (secondary N) is 1. The maximum Gasteiger partial charge on any atom is 0.112 e. The molecule has 4 nitrogen and oxygen atoms in total. The Labute approximate surface area is 102 Å². The summed E-state index contributed by atoms with van der Waals surface area (Å²) in [7, 11) is 3.50. The molecule has 1 aromatic heterocycles. The number of hydrogen-bond acceptors (Lipinski definition) is 4. The molecule has 0 bridgehead atoms. The van der Waals surface area contributed by atoms with Crippen molar-refractivity contribution in [2.24, 2.45) is 0 Å². The van der Waals surface area contributed by atoms with Crippen LogP contribution in [0.4, 0.5) is 0 Å². The van der Waals surface area contributed by atoms with E-state index in [4.69, 9.17) is 13.9 Å². The lowest BCUT2D eigenvalue weighted by Gasteiger charge is -2.36. The summed E-state index contributed by atoms with van der Waals surface area (Å²) in [4.78, 5) is 0. The van der Waals surface area contributed by atoms with E-state index in [0.29, 0.717) is 6.61 Å². The first kappa shape index (κ1) is 12.6. The first-order valence-electron chi connectivity index (χ1n) is 6.10. The summed E-state index contributed by atoms with van der Waals surface area (Å²) in [5, 5.41) is 3.36. The lowest BCUT2D eigenvalue weighted by molar-refractivity contribution is -0.0370. The third-order valence-corrected chi connectivity index (χ3v) is 3.57. The molecule has 0 amide bonds. The van der Waals surface area contributed by atoms with Crippen LogP contribution < -0.4 is 5.32 Å². The van der Waals surface area contributed by atoms with Crippen LogP contribution in [0.1, 0.15) is 24.2 Å². The summed E-state index contributed by atoms with van der Waals surface area (Å²) < 4.78 is 16.5. The Balaban J connectivity index is 2.09. The first-order valence-corrected chi connectivity index (χ1v) is 6.10. The van der Waals surface area contributed by atoms with Gasteiger partial charge in [0.05, 0.1) is 18.5 Å². The van der Waals surface area contributed by atoms with Gasteiger partial charge in [-0.05, 0) is 32.0 Å². The summed E-state index contributed by atoms with van der Waals surface area (Å²) in [5.41, 5.74) is 1.05. The van der Waals surface area contributed by atoms with Gasteiger partial charge in [-0.3, -0.25) is 0 Å². The number of methoxy groups -OCH3 is 2. The number of hydrogen-bond donors (Lipinski definition) is 1. The second-order valence-electron chi connectivity index (χ2n) is 4.62. The summed E-state index contributed by atoms with van der Waals surface area (Å²) in [6.07, 6.45) is 4.61. The molecule has 0 saturated carbocycles. The van der Waals surface area contributed by atoms with Crippen molar-refractivity contribution in [2.75, 3.05) is 27.3 Å². The fraction of sp³-hybridized carbons (Fsp3) is 0.692. The van der Waals surface area contributed by atoms with Gasteiger partial charge in [-0.25, -0.2) is 0 Å². The molecule has 1 aliphatic heterocycles. The Morgan fingerprint density at radius 1 is 1.35 bits per heavy atom. The van der Waals surface area contributed by atoms with Crippen LogP contribution in [0.5, 0.6) is 0 Å². The molecule has 1 N–H and O–H groups in total. The number of ether oxygens (including phenoxy) is 2. The highest BCUT2D eigenvalue weighted by atomic mass is 16.5. The maximum absolute atomic E-state index is 5.74. The van der Waals surface area contributed by atoms with Crippen molar-refractivity contribution >= 4 is 0 Å². The monoisotopic (exact) mass is 239 g/mol. The van der Waals surface area contributed by atoms with Gasteiger partial charge in [-0.2, -0.15) is 0 Å².